The molecule has 0 amide bonds. The van der Waals surface area contributed by atoms with Crippen molar-refractivity contribution in [3.05, 3.63) is 77.3 Å². The first kappa shape index (κ1) is 17.3. The molecule has 3 heterocycles. The van der Waals surface area contributed by atoms with Crippen LogP contribution >= 0.6 is 23.4 Å². The van der Waals surface area contributed by atoms with Crippen molar-refractivity contribution in [2.75, 3.05) is 0 Å². The van der Waals surface area contributed by atoms with E-state index in [1.807, 2.05) is 53.1 Å². The molecule has 0 atom stereocenters. The maximum atomic E-state index is 9.05. The summed E-state index contributed by atoms with van der Waals surface area (Å²) in [6, 6.07) is 18.5. The number of pyridine rings is 1. The lowest BCUT2D eigenvalue weighted by Crippen LogP contribution is -2.03. The van der Waals surface area contributed by atoms with E-state index in [9.17, 15) is 0 Å². The quantitative estimate of drug-likeness (QED) is 0.490. The highest BCUT2D eigenvalue weighted by atomic mass is 35.5. The van der Waals surface area contributed by atoms with E-state index in [4.69, 9.17) is 21.3 Å². The Morgan fingerprint density at radius 3 is 2.67 bits per heavy atom. The van der Waals surface area contributed by atoms with Crippen molar-refractivity contribution in [2.24, 2.45) is 0 Å². The van der Waals surface area contributed by atoms with Gasteiger partial charge in [0.2, 0.25) is 0 Å². The number of nitrogens with zero attached hydrogens (tertiary/aromatic N) is 5. The van der Waals surface area contributed by atoms with Crippen LogP contribution in [0.15, 0.2) is 75.5 Å². The summed E-state index contributed by atoms with van der Waals surface area (Å²) < 4.78 is 7.44. The van der Waals surface area contributed by atoms with Crippen molar-refractivity contribution in [1.82, 2.24) is 19.7 Å². The molecule has 0 aliphatic carbocycles. The van der Waals surface area contributed by atoms with Gasteiger partial charge in [-0.1, -0.05) is 17.7 Å². The molecule has 0 spiro atoms. The van der Waals surface area contributed by atoms with Gasteiger partial charge in [-0.05, 0) is 60.3 Å². The Labute approximate surface area is 164 Å². The fourth-order valence-electron chi connectivity index (χ4n) is 2.51. The van der Waals surface area contributed by atoms with E-state index in [1.54, 1.807) is 18.4 Å². The Morgan fingerprint density at radius 1 is 1.07 bits per heavy atom. The molecule has 0 fully saturated rings. The van der Waals surface area contributed by atoms with Gasteiger partial charge in [0.05, 0.1) is 12.8 Å². The monoisotopic (exact) mass is 393 g/mol. The van der Waals surface area contributed by atoms with Gasteiger partial charge in [-0.25, -0.2) is 4.98 Å². The van der Waals surface area contributed by atoms with Crippen LogP contribution in [0.3, 0.4) is 0 Å². The first-order valence-electron chi connectivity index (χ1n) is 7.99. The summed E-state index contributed by atoms with van der Waals surface area (Å²) in [4.78, 5) is 4.30. The van der Waals surface area contributed by atoms with Gasteiger partial charge in [-0.2, -0.15) is 5.26 Å². The van der Waals surface area contributed by atoms with Gasteiger partial charge in [0, 0.05) is 10.6 Å². The molecule has 0 aliphatic heterocycles. The largest absolute Gasteiger partial charge is 0.467 e. The van der Waals surface area contributed by atoms with Gasteiger partial charge in [0.25, 0.3) is 0 Å². The highest BCUT2D eigenvalue weighted by molar-refractivity contribution is 7.99. The lowest BCUT2D eigenvalue weighted by molar-refractivity contribution is 0.485. The molecule has 27 heavy (non-hydrogen) atoms. The fourth-order valence-corrected chi connectivity index (χ4v) is 3.45. The van der Waals surface area contributed by atoms with Crippen molar-refractivity contribution in [3.63, 3.8) is 0 Å². The van der Waals surface area contributed by atoms with Crippen LogP contribution in [-0.4, -0.2) is 19.7 Å². The van der Waals surface area contributed by atoms with Crippen LogP contribution in [0.4, 0.5) is 0 Å². The summed E-state index contributed by atoms with van der Waals surface area (Å²) in [7, 11) is 0. The second-order valence-corrected chi connectivity index (χ2v) is 6.98. The van der Waals surface area contributed by atoms with E-state index < -0.39 is 0 Å². The molecule has 0 saturated heterocycles. The highest BCUT2D eigenvalue weighted by Gasteiger charge is 2.17. The number of rotatable bonds is 5. The van der Waals surface area contributed by atoms with Gasteiger partial charge >= 0.3 is 0 Å². The van der Waals surface area contributed by atoms with Crippen LogP contribution in [0.25, 0.3) is 11.4 Å². The molecular weight excluding hydrogens is 382 g/mol. The van der Waals surface area contributed by atoms with E-state index in [2.05, 4.69) is 15.2 Å². The Kier molecular flexibility index (Phi) is 4.92. The van der Waals surface area contributed by atoms with Gasteiger partial charge in [-0.15, -0.1) is 10.2 Å². The van der Waals surface area contributed by atoms with Crippen LogP contribution < -0.4 is 0 Å². The predicted molar refractivity (Wildman–Crippen MR) is 101 cm³/mol. The molecule has 4 rings (SSSR count). The molecule has 1 aromatic carbocycles. The van der Waals surface area contributed by atoms with Crippen molar-refractivity contribution >= 4 is 23.4 Å². The third-order valence-corrected chi connectivity index (χ3v) is 4.92. The molecule has 4 aromatic rings. The van der Waals surface area contributed by atoms with Gasteiger partial charge in [0.15, 0.2) is 11.0 Å². The van der Waals surface area contributed by atoms with Crippen molar-refractivity contribution in [1.29, 1.82) is 5.26 Å². The van der Waals surface area contributed by atoms with E-state index in [0.29, 0.717) is 33.3 Å². The maximum Gasteiger partial charge on any atom is 0.198 e. The summed E-state index contributed by atoms with van der Waals surface area (Å²) in [5.41, 5.74) is 1.25. The molecule has 8 heteroatoms. The Balaban J connectivity index is 1.74. The first-order chi connectivity index (χ1) is 13.2. The van der Waals surface area contributed by atoms with Crippen LogP contribution in [0.1, 0.15) is 11.5 Å². The van der Waals surface area contributed by atoms with E-state index in [1.165, 1.54) is 11.8 Å². The van der Waals surface area contributed by atoms with E-state index in [-0.39, 0.29) is 0 Å². The standard InChI is InChI=1S/C19H12ClN5OS/c20-14-8-6-13(7-9-14)18-23-24-19(25(18)12-16-4-2-10-26-16)27-17-5-1-3-15(11-21)22-17/h1-10H,12H2. The maximum absolute atomic E-state index is 9.05. The zero-order valence-electron chi connectivity index (χ0n) is 13.9. The third kappa shape index (κ3) is 3.87. The molecule has 3 aromatic heterocycles. The van der Waals surface area contributed by atoms with Crippen LogP contribution in [0, 0.1) is 11.3 Å². The summed E-state index contributed by atoms with van der Waals surface area (Å²) in [6.07, 6.45) is 1.63. The van der Waals surface area contributed by atoms with Crippen LogP contribution in [0.5, 0.6) is 0 Å². The lowest BCUT2D eigenvalue weighted by atomic mass is 10.2. The molecule has 6 nitrogen and oxygen atoms in total. The lowest BCUT2D eigenvalue weighted by Gasteiger charge is -2.09. The molecular formula is C19H12ClN5OS. The first-order valence-corrected chi connectivity index (χ1v) is 9.19. The topological polar surface area (TPSA) is 80.5 Å². The van der Waals surface area contributed by atoms with Crippen molar-refractivity contribution in [2.45, 2.75) is 16.7 Å². The van der Waals surface area contributed by atoms with Crippen molar-refractivity contribution < 1.29 is 4.42 Å². The van der Waals surface area contributed by atoms with Gasteiger partial charge in [-0.3, -0.25) is 4.57 Å². The summed E-state index contributed by atoms with van der Waals surface area (Å²) in [5.74, 6) is 1.48. The minimum Gasteiger partial charge on any atom is -0.467 e. The molecule has 0 bridgehead atoms. The number of benzene rings is 1. The normalized spacial score (nSPS) is 10.7. The number of halogens is 1. The van der Waals surface area contributed by atoms with Gasteiger partial charge < -0.3 is 4.42 Å². The SMILES string of the molecule is N#Cc1cccc(Sc2nnc(-c3ccc(Cl)cc3)n2Cc2ccco2)n1. The number of hydrogen-bond donors (Lipinski definition) is 0. The Bertz CT molecular complexity index is 1100. The Hall–Kier alpha value is -3.08. The third-order valence-electron chi connectivity index (χ3n) is 3.75. The van der Waals surface area contributed by atoms with E-state index in [0.717, 1.165) is 11.3 Å². The van der Waals surface area contributed by atoms with E-state index >= 15 is 0 Å². The molecule has 0 N–H and O–H groups in total. The predicted octanol–water partition coefficient (Wildman–Crippen LogP) is 4.66. The van der Waals surface area contributed by atoms with Crippen LogP contribution in [-0.2, 0) is 6.54 Å². The molecule has 0 unspecified atom stereocenters. The van der Waals surface area contributed by atoms with Gasteiger partial charge in [0.1, 0.15) is 22.5 Å². The number of nitriles is 1. The summed E-state index contributed by atoms with van der Waals surface area (Å²) in [5, 5.41) is 19.7. The second-order valence-electron chi connectivity index (χ2n) is 5.55. The molecule has 0 saturated carbocycles. The number of furan rings is 1. The smallest absolute Gasteiger partial charge is 0.198 e. The average molecular weight is 394 g/mol. The average Bonchev–Trinajstić information content (AvgIpc) is 3.34. The minimum atomic E-state index is 0.357. The second kappa shape index (κ2) is 7.66. The molecule has 0 aliphatic rings. The molecule has 132 valence electrons. The Morgan fingerprint density at radius 2 is 1.93 bits per heavy atom. The number of aromatic nitrogens is 4. The molecule has 0 radical (unpaired) electrons. The summed E-state index contributed by atoms with van der Waals surface area (Å²) in [6.45, 7) is 0.470. The fraction of sp³-hybridized carbons (Fsp3) is 0.0526. The summed E-state index contributed by atoms with van der Waals surface area (Å²) >= 11 is 7.34. The number of hydrogen-bond acceptors (Lipinski definition) is 6. The minimum absolute atomic E-state index is 0.357. The van der Waals surface area contributed by atoms with Crippen LogP contribution in [0.2, 0.25) is 5.02 Å². The zero-order chi connectivity index (χ0) is 18.6. The highest BCUT2D eigenvalue weighted by Crippen LogP contribution is 2.30. The van der Waals surface area contributed by atoms with Crippen molar-refractivity contribution in [3.8, 4) is 17.5 Å². The zero-order valence-corrected chi connectivity index (χ0v) is 15.5.